The molecule has 6 heteroatoms. The molecule has 0 spiro atoms. The third-order valence-corrected chi connectivity index (χ3v) is 3.45. The van der Waals surface area contributed by atoms with Crippen molar-refractivity contribution in [1.82, 2.24) is 14.8 Å². The van der Waals surface area contributed by atoms with E-state index in [1.807, 2.05) is 0 Å². The van der Waals surface area contributed by atoms with Gasteiger partial charge in [-0.15, -0.1) is 0 Å². The molecule has 0 amide bonds. The molecule has 0 aliphatic carbocycles. The van der Waals surface area contributed by atoms with Gasteiger partial charge in [0.25, 0.3) is 0 Å². The smallest absolute Gasteiger partial charge is 0.137 e. The van der Waals surface area contributed by atoms with Gasteiger partial charge in [-0.1, -0.05) is 32.3 Å². The van der Waals surface area contributed by atoms with Gasteiger partial charge in [0.05, 0.1) is 6.54 Å². The number of benzene rings is 1. The topological polar surface area (TPSA) is 39.9 Å². The summed E-state index contributed by atoms with van der Waals surface area (Å²) >= 11 is 0. The number of halogens is 2. The number of aromatic nitrogens is 3. The fourth-order valence-electron chi connectivity index (χ4n) is 2.25. The number of hydrogen-bond acceptors (Lipinski definition) is 3. The van der Waals surface area contributed by atoms with E-state index in [0.29, 0.717) is 18.7 Å². The maximum atomic E-state index is 14.0. The van der Waals surface area contributed by atoms with Gasteiger partial charge in [-0.3, -0.25) is 4.68 Å². The van der Waals surface area contributed by atoms with E-state index >= 15 is 0 Å². The van der Waals surface area contributed by atoms with Crippen LogP contribution < -0.4 is 0 Å². The summed E-state index contributed by atoms with van der Waals surface area (Å²) in [5, 5.41) is 4.02. The van der Waals surface area contributed by atoms with Gasteiger partial charge in [-0.2, -0.15) is 5.10 Å². The molecule has 4 nitrogen and oxygen atoms in total. The summed E-state index contributed by atoms with van der Waals surface area (Å²) in [6.07, 6.45) is 6.76. The summed E-state index contributed by atoms with van der Waals surface area (Å²) in [6.45, 7) is 3.02. The lowest BCUT2D eigenvalue weighted by Gasteiger charge is -2.19. The highest BCUT2D eigenvalue weighted by atomic mass is 19.1. The molecular formula is C16H21F2N3O. The van der Waals surface area contributed by atoms with E-state index < -0.39 is 17.7 Å². The lowest BCUT2D eigenvalue weighted by molar-refractivity contribution is 0.0332. The maximum absolute atomic E-state index is 14.0. The second-order valence-corrected chi connectivity index (χ2v) is 5.20. The maximum Gasteiger partial charge on any atom is 0.137 e. The molecule has 0 aliphatic heterocycles. The van der Waals surface area contributed by atoms with Crippen LogP contribution in [0.1, 0.15) is 44.3 Å². The number of rotatable bonds is 9. The molecular weight excluding hydrogens is 288 g/mol. The van der Waals surface area contributed by atoms with E-state index in [-0.39, 0.29) is 0 Å². The minimum absolute atomic E-state index is 0.340. The van der Waals surface area contributed by atoms with Gasteiger partial charge >= 0.3 is 0 Å². The van der Waals surface area contributed by atoms with Crippen molar-refractivity contribution in [2.75, 3.05) is 6.61 Å². The van der Waals surface area contributed by atoms with Crippen LogP contribution in [-0.2, 0) is 11.3 Å². The number of ether oxygens (including phenoxy) is 1. The highest BCUT2D eigenvalue weighted by Crippen LogP contribution is 2.23. The zero-order chi connectivity index (χ0) is 15.8. The zero-order valence-electron chi connectivity index (χ0n) is 12.7. The Balaban J connectivity index is 2.03. The largest absolute Gasteiger partial charge is 0.371 e. The molecule has 2 aromatic rings. The van der Waals surface area contributed by atoms with E-state index in [0.717, 1.165) is 31.7 Å². The predicted molar refractivity (Wildman–Crippen MR) is 79.2 cm³/mol. The molecule has 22 heavy (non-hydrogen) atoms. The van der Waals surface area contributed by atoms with Crippen molar-refractivity contribution in [2.24, 2.45) is 0 Å². The van der Waals surface area contributed by atoms with Gasteiger partial charge in [-0.05, 0) is 12.5 Å². The van der Waals surface area contributed by atoms with Crippen molar-refractivity contribution in [3.8, 4) is 0 Å². The summed E-state index contributed by atoms with van der Waals surface area (Å²) in [7, 11) is 0. The van der Waals surface area contributed by atoms with Crippen LogP contribution in [0.4, 0.5) is 8.78 Å². The molecule has 0 fully saturated rings. The summed E-state index contributed by atoms with van der Waals surface area (Å²) in [6, 6.07) is 3.55. The van der Waals surface area contributed by atoms with Gasteiger partial charge in [0.15, 0.2) is 0 Å². The SMILES string of the molecule is CCCCCCOC(Cn1cncn1)c1ccc(F)cc1F. The first-order valence-electron chi connectivity index (χ1n) is 7.59. The monoisotopic (exact) mass is 309 g/mol. The summed E-state index contributed by atoms with van der Waals surface area (Å²) in [5.74, 6) is -1.19. The summed E-state index contributed by atoms with van der Waals surface area (Å²) in [4.78, 5) is 3.87. The molecule has 1 atom stereocenters. The lowest BCUT2D eigenvalue weighted by atomic mass is 10.1. The second-order valence-electron chi connectivity index (χ2n) is 5.20. The Labute approximate surface area is 129 Å². The Kier molecular flexibility index (Phi) is 6.45. The molecule has 0 radical (unpaired) electrons. The van der Waals surface area contributed by atoms with Crippen molar-refractivity contribution in [1.29, 1.82) is 0 Å². The van der Waals surface area contributed by atoms with Crippen LogP contribution >= 0.6 is 0 Å². The van der Waals surface area contributed by atoms with Crippen LogP contribution in [0.25, 0.3) is 0 Å². The Hall–Kier alpha value is -1.82. The van der Waals surface area contributed by atoms with Crippen molar-refractivity contribution in [3.63, 3.8) is 0 Å². The average molecular weight is 309 g/mol. The minimum atomic E-state index is -0.598. The quantitative estimate of drug-likeness (QED) is 0.660. The van der Waals surface area contributed by atoms with Gasteiger partial charge in [0.2, 0.25) is 0 Å². The fraction of sp³-hybridized carbons (Fsp3) is 0.500. The first-order chi connectivity index (χ1) is 10.7. The van der Waals surface area contributed by atoms with Crippen LogP contribution in [-0.4, -0.2) is 21.4 Å². The van der Waals surface area contributed by atoms with E-state index in [1.165, 1.54) is 18.5 Å². The highest BCUT2D eigenvalue weighted by molar-refractivity contribution is 5.21. The van der Waals surface area contributed by atoms with Crippen LogP contribution in [0, 0.1) is 11.6 Å². The molecule has 1 aromatic carbocycles. The minimum Gasteiger partial charge on any atom is -0.371 e. The highest BCUT2D eigenvalue weighted by Gasteiger charge is 2.18. The van der Waals surface area contributed by atoms with Gasteiger partial charge in [0, 0.05) is 18.2 Å². The standard InChI is InChI=1S/C16H21F2N3O/c1-2-3-4-5-8-22-16(10-21-12-19-11-20-21)14-7-6-13(17)9-15(14)18/h6-7,9,11-12,16H,2-5,8,10H2,1H3. The number of hydrogen-bond donors (Lipinski definition) is 0. The zero-order valence-corrected chi connectivity index (χ0v) is 12.7. The van der Waals surface area contributed by atoms with E-state index in [4.69, 9.17) is 4.74 Å². The molecule has 120 valence electrons. The van der Waals surface area contributed by atoms with E-state index in [9.17, 15) is 8.78 Å². The normalized spacial score (nSPS) is 12.5. The molecule has 0 bridgehead atoms. The van der Waals surface area contributed by atoms with Crippen LogP contribution in [0.3, 0.4) is 0 Å². The summed E-state index contributed by atoms with van der Waals surface area (Å²) < 4.78 is 34.5. The average Bonchev–Trinajstić information content (AvgIpc) is 2.99. The van der Waals surface area contributed by atoms with Crippen molar-refractivity contribution < 1.29 is 13.5 Å². The molecule has 0 saturated heterocycles. The van der Waals surface area contributed by atoms with Crippen LogP contribution in [0.5, 0.6) is 0 Å². The second kappa shape index (κ2) is 8.58. The third-order valence-electron chi connectivity index (χ3n) is 3.45. The molecule has 1 unspecified atom stereocenters. The van der Waals surface area contributed by atoms with Crippen LogP contribution in [0.2, 0.25) is 0 Å². The number of nitrogens with zero attached hydrogens (tertiary/aromatic N) is 3. The first-order valence-corrected chi connectivity index (χ1v) is 7.59. The van der Waals surface area contributed by atoms with Gasteiger partial charge < -0.3 is 4.74 Å². The summed E-state index contributed by atoms with van der Waals surface area (Å²) in [5.41, 5.74) is 0.340. The number of unbranched alkanes of at least 4 members (excludes halogenated alkanes) is 3. The molecule has 1 heterocycles. The van der Waals surface area contributed by atoms with E-state index in [1.54, 1.807) is 11.0 Å². The van der Waals surface area contributed by atoms with Gasteiger partial charge in [-0.25, -0.2) is 13.8 Å². The van der Waals surface area contributed by atoms with Crippen LogP contribution in [0.15, 0.2) is 30.9 Å². The van der Waals surface area contributed by atoms with Gasteiger partial charge in [0.1, 0.15) is 30.4 Å². The fourth-order valence-corrected chi connectivity index (χ4v) is 2.25. The predicted octanol–water partition coefficient (Wildman–Crippen LogP) is 3.89. The van der Waals surface area contributed by atoms with Crippen molar-refractivity contribution in [3.05, 3.63) is 48.1 Å². The Morgan fingerprint density at radius 2 is 2.09 bits per heavy atom. The Morgan fingerprint density at radius 1 is 1.23 bits per heavy atom. The molecule has 0 N–H and O–H groups in total. The molecule has 1 aromatic heterocycles. The third kappa shape index (κ3) is 4.87. The first kappa shape index (κ1) is 16.5. The van der Waals surface area contributed by atoms with E-state index in [2.05, 4.69) is 17.0 Å². The molecule has 0 aliphatic rings. The molecule has 0 saturated carbocycles. The van der Waals surface area contributed by atoms with Crippen molar-refractivity contribution >= 4 is 0 Å². The Morgan fingerprint density at radius 3 is 2.77 bits per heavy atom. The Bertz CT molecular complexity index is 561. The lowest BCUT2D eigenvalue weighted by Crippen LogP contribution is -2.15. The molecule has 2 rings (SSSR count). The van der Waals surface area contributed by atoms with Crippen molar-refractivity contribution in [2.45, 2.75) is 45.3 Å².